The third-order valence-electron chi connectivity index (χ3n) is 5.16. The van der Waals surface area contributed by atoms with Gasteiger partial charge in [0.1, 0.15) is 18.3 Å². The van der Waals surface area contributed by atoms with Crippen LogP contribution in [-0.2, 0) is 26.2 Å². The molecule has 0 spiro atoms. The molecule has 2 rings (SSSR count). The number of anilines is 1. The standard InChI is InChI=1S/C23H28Cl3N3O5S/c1-5-10-27-23(31)15(2)28(13-16-6-7-17(24)11-19(16)26)22(30)14-29(35(4,32)33)20-12-18(25)8-9-21(20)34-3/h6-9,11-12,15H,5,10,13-14H2,1-4H3,(H,27,31)/t15-/m0/s1. The molecule has 2 aromatic rings. The lowest BCUT2D eigenvalue weighted by Gasteiger charge is -2.32. The SMILES string of the molecule is CCCNC(=O)[C@H](C)N(Cc1ccc(Cl)cc1Cl)C(=O)CN(c1cc(Cl)ccc1OC)S(C)(=O)=O. The van der Waals surface area contributed by atoms with E-state index in [1.807, 2.05) is 6.92 Å². The third-order valence-corrected chi connectivity index (χ3v) is 7.11. The Morgan fingerprint density at radius 3 is 2.29 bits per heavy atom. The van der Waals surface area contributed by atoms with Crippen LogP contribution in [0.25, 0.3) is 0 Å². The van der Waals surface area contributed by atoms with Crippen molar-refractivity contribution in [3.05, 3.63) is 57.0 Å². The molecule has 0 aromatic heterocycles. The van der Waals surface area contributed by atoms with Crippen molar-refractivity contribution < 1.29 is 22.7 Å². The maximum absolute atomic E-state index is 13.6. The minimum Gasteiger partial charge on any atom is -0.495 e. The molecule has 2 amide bonds. The van der Waals surface area contributed by atoms with E-state index in [-0.39, 0.29) is 28.9 Å². The zero-order chi connectivity index (χ0) is 26.3. The van der Waals surface area contributed by atoms with E-state index in [0.717, 1.165) is 10.6 Å². The van der Waals surface area contributed by atoms with Crippen molar-refractivity contribution in [3.8, 4) is 5.75 Å². The number of nitrogens with zero attached hydrogens (tertiary/aromatic N) is 2. The fraction of sp³-hybridized carbons (Fsp3) is 0.391. The number of methoxy groups -OCH3 is 1. The molecular weight excluding hydrogens is 537 g/mol. The molecule has 0 saturated heterocycles. The molecule has 1 atom stereocenters. The van der Waals surface area contributed by atoms with Gasteiger partial charge < -0.3 is 15.0 Å². The quantitative estimate of drug-likeness (QED) is 0.437. The summed E-state index contributed by atoms with van der Waals surface area (Å²) in [6, 6.07) is 8.33. The van der Waals surface area contributed by atoms with Gasteiger partial charge in [0.05, 0.1) is 19.1 Å². The average Bonchev–Trinajstić information content (AvgIpc) is 2.79. The maximum Gasteiger partial charge on any atom is 0.244 e. The summed E-state index contributed by atoms with van der Waals surface area (Å²) in [5.41, 5.74) is 0.647. The van der Waals surface area contributed by atoms with Gasteiger partial charge in [-0.25, -0.2) is 8.42 Å². The Labute approximate surface area is 221 Å². The zero-order valence-corrected chi connectivity index (χ0v) is 22.9. The van der Waals surface area contributed by atoms with Crippen LogP contribution >= 0.6 is 34.8 Å². The number of halogens is 3. The highest BCUT2D eigenvalue weighted by Gasteiger charge is 2.31. The van der Waals surface area contributed by atoms with Crippen molar-refractivity contribution >= 4 is 62.3 Å². The second kappa shape index (κ2) is 12.7. The number of benzene rings is 2. The van der Waals surface area contributed by atoms with Gasteiger partial charge in [0, 0.05) is 28.2 Å². The summed E-state index contributed by atoms with van der Waals surface area (Å²) in [6.45, 7) is 3.27. The molecule has 0 bridgehead atoms. The Morgan fingerprint density at radius 2 is 1.71 bits per heavy atom. The molecule has 12 heteroatoms. The molecule has 0 fully saturated rings. The van der Waals surface area contributed by atoms with Crippen LogP contribution in [0.4, 0.5) is 5.69 Å². The van der Waals surface area contributed by atoms with E-state index in [0.29, 0.717) is 28.6 Å². The molecule has 1 N–H and O–H groups in total. The van der Waals surface area contributed by atoms with Crippen LogP contribution in [0.3, 0.4) is 0 Å². The summed E-state index contributed by atoms with van der Waals surface area (Å²) in [4.78, 5) is 27.6. The second-order valence-corrected chi connectivity index (χ2v) is 11.0. The molecule has 192 valence electrons. The van der Waals surface area contributed by atoms with Crippen molar-refractivity contribution in [2.45, 2.75) is 32.9 Å². The van der Waals surface area contributed by atoms with Gasteiger partial charge in [0.15, 0.2) is 0 Å². The predicted octanol–water partition coefficient (Wildman–Crippen LogP) is 4.36. The number of amides is 2. The fourth-order valence-electron chi connectivity index (χ4n) is 3.26. The van der Waals surface area contributed by atoms with Gasteiger partial charge in [-0.3, -0.25) is 13.9 Å². The number of carbonyl (C=O) groups is 2. The van der Waals surface area contributed by atoms with Crippen LogP contribution in [0.15, 0.2) is 36.4 Å². The molecule has 0 radical (unpaired) electrons. The monoisotopic (exact) mass is 563 g/mol. The molecule has 0 heterocycles. The summed E-state index contributed by atoms with van der Waals surface area (Å²) in [6.07, 6.45) is 1.68. The molecule has 2 aromatic carbocycles. The minimum absolute atomic E-state index is 0.0418. The summed E-state index contributed by atoms with van der Waals surface area (Å²) in [7, 11) is -2.56. The van der Waals surface area contributed by atoms with E-state index in [4.69, 9.17) is 39.5 Å². The molecular formula is C23H28Cl3N3O5S. The smallest absolute Gasteiger partial charge is 0.244 e. The third kappa shape index (κ3) is 7.90. The van der Waals surface area contributed by atoms with Gasteiger partial charge in [-0.15, -0.1) is 0 Å². The van der Waals surface area contributed by atoms with Crippen LogP contribution < -0.4 is 14.4 Å². The van der Waals surface area contributed by atoms with Gasteiger partial charge in [-0.2, -0.15) is 0 Å². The van der Waals surface area contributed by atoms with Crippen molar-refractivity contribution in [2.75, 3.05) is 30.8 Å². The Hall–Kier alpha value is -2.20. The van der Waals surface area contributed by atoms with Gasteiger partial charge >= 0.3 is 0 Å². The lowest BCUT2D eigenvalue weighted by Crippen LogP contribution is -2.51. The van der Waals surface area contributed by atoms with Crippen LogP contribution in [0, 0.1) is 0 Å². The van der Waals surface area contributed by atoms with Gasteiger partial charge in [0.25, 0.3) is 0 Å². The summed E-state index contributed by atoms with van der Waals surface area (Å²) >= 11 is 18.4. The molecule has 0 unspecified atom stereocenters. The second-order valence-electron chi connectivity index (χ2n) is 7.81. The Morgan fingerprint density at radius 1 is 1.09 bits per heavy atom. The molecule has 8 nitrogen and oxygen atoms in total. The van der Waals surface area contributed by atoms with Crippen LogP contribution in [0.2, 0.25) is 15.1 Å². The van der Waals surface area contributed by atoms with Crippen LogP contribution in [0.1, 0.15) is 25.8 Å². The summed E-state index contributed by atoms with van der Waals surface area (Å²) in [5.74, 6) is -0.784. The van der Waals surface area contributed by atoms with E-state index in [2.05, 4.69) is 5.32 Å². The predicted molar refractivity (Wildman–Crippen MR) is 140 cm³/mol. The van der Waals surface area contributed by atoms with E-state index >= 15 is 0 Å². The molecule has 0 aliphatic carbocycles. The van der Waals surface area contributed by atoms with Crippen molar-refractivity contribution in [2.24, 2.45) is 0 Å². The van der Waals surface area contributed by atoms with Gasteiger partial charge in [-0.05, 0) is 49.2 Å². The van der Waals surface area contributed by atoms with Gasteiger partial charge in [0.2, 0.25) is 21.8 Å². The minimum atomic E-state index is -3.94. The number of ether oxygens (including phenoxy) is 1. The van der Waals surface area contributed by atoms with Crippen LogP contribution in [0.5, 0.6) is 5.75 Å². The largest absolute Gasteiger partial charge is 0.495 e. The lowest BCUT2D eigenvalue weighted by molar-refractivity contribution is -0.139. The van der Waals surface area contributed by atoms with Crippen molar-refractivity contribution in [3.63, 3.8) is 0 Å². The number of sulfonamides is 1. The highest BCUT2D eigenvalue weighted by molar-refractivity contribution is 7.92. The number of nitrogens with one attached hydrogen (secondary N) is 1. The van der Waals surface area contributed by atoms with Crippen molar-refractivity contribution in [1.82, 2.24) is 10.2 Å². The number of carbonyl (C=O) groups excluding carboxylic acids is 2. The number of hydrogen-bond donors (Lipinski definition) is 1. The highest BCUT2D eigenvalue weighted by atomic mass is 35.5. The van der Waals surface area contributed by atoms with E-state index in [1.165, 1.54) is 30.2 Å². The fourth-order valence-corrected chi connectivity index (χ4v) is 4.74. The van der Waals surface area contributed by atoms with E-state index in [1.54, 1.807) is 25.1 Å². The molecule has 0 saturated carbocycles. The number of rotatable bonds is 11. The maximum atomic E-state index is 13.6. The first kappa shape index (κ1) is 29.0. The Balaban J connectivity index is 2.48. The van der Waals surface area contributed by atoms with E-state index < -0.39 is 28.5 Å². The summed E-state index contributed by atoms with van der Waals surface area (Å²) in [5, 5.41) is 3.76. The van der Waals surface area contributed by atoms with Crippen LogP contribution in [-0.4, -0.2) is 57.6 Å². The molecule has 35 heavy (non-hydrogen) atoms. The average molecular weight is 565 g/mol. The van der Waals surface area contributed by atoms with Gasteiger partial charge in [-0.1, -0.05) is 47.8 Å². The topological polar surface area (TPSA) is 96.0 Å². The zero-order valence-electron chi connectivity index (χ0n) is 19.8. The lowest BCUT2D eigenvalue weighted by atomic mass is 10.1. The first-order valence-corrected chi connectivity index (χ1v) is 13.7. The van der Waals surface area contributed by atoms with Crippen molar-refractivity contribution in [1.29, 1.82) is 0 Å². The van der Waals surface area contributed by atoms with E-state index in [9.17, 15) is 18.0 Å². The Kier molecular flexibility index (Phi) is 10.5. The molecule has 0 aliphatic rings. The normalized spacial score (nSPS) is 12.1. The molecule has 0 aliphatic heterocycles. The summed E-state index contributed by atoms with van der Waals surface area (Å²) < 4.78 is 31.6. The Bertz CT molecular complexity index is 1180. The first-order chi connectivity index (χ1) is 16.4. The first-order valence-electron chi connectivity index (χ1n) is 10.7. The highest BCUT2D eigenvalue weighted by Crippen LogP contribution is 2.33. The number of hydrogen-bond acceptors (Lipinski definition) is 5.